The quantitative estimate of drug-likeness (QED) is 0.792. The molecule has 0 aliphatic carbocycles. The van der Waals surface area contributed by atoms with Crippen molar-refractivity contribution in [2.75, 3.05) is 18.0 Å². The van der Waals surface area contributed by atoms with Gasteiger partial charge in [0.15, 0.2) is 5.78 Å². The number of para-hydroxylation sites is 1. The summed E-state index contributed by atoms with van der Waals surface area (Å²) in [6.07, 6.45) is 1.84. The second kappa shape index (κ2) is 6.13. The molecule has 2 aromatic carbocycles. The average Bonchev–Trinajstić information content (AvgIpc) is 2.56. The standard InChI is InChI=1S/C19H20NO/c1-15-7-5-6-10-18(15)20-13-11-17(12-14-20)19(21)16-8-3-2-4-9-16/h2-10,17H,1,11-14H2. The van der Waals surface area contributed by atoms with E-state index in [1.54, 1.807) is 0 Å². The minimum Gasteiger partial charge on any atom is -0.371 e. The normalized spacial score (nSPS) is 16.0. The third-order valence-electron chi connectivity index (χ3n) is 4.26. The fourth-order valence-electron chi connectivity index (χ4n) is 3.04. The molecule has 2 aromatic rings. The molecule has 0 unspecified atom stereocenters. The van der Waals surface area contributed by atoms with Gasteiger partial charge < -0.3 is 4.90 Å². The number of ketones is 1. The first kappa shape index (κ1) is 13.9. The maximum atomic E-state index is 12.5. The lowest BCUT2D eigenvalue weighted by Gasteiger charge is -2.34. The Kier molecular flexibility index (Phi) is 4.05. The van der Waals surface area contributed by atoms with Crippen molar-refractivity contribution in [3.63, 3.8) is 0 Å². The molecule has 1 aliphatic rings. The van der Waals surface area contributed by atoms with Gasteiger partial charge in [-0.15, -0.1) is 0 Å². The first-order chi connectivity index (χ1) is 10.3. The van der Waals surface area contributed by atoms with E-state index in [1.807, 2.05) is 48.5 Å². The number of nitrogens with zero attached hydrogens (tertiary/aromatic N) is 1. The second-order valence-electron chi connectivity index (χ2n) is 5.62. The van der Waals surface area contributed by atoms with E-state index >= 15 is 0 Å². The number of benzene rings is 2. The summed E-state index contributed by atoms with van der Waals surface area (Å²) < 4.78 is 0. The minimum absolute atomic E-state index is 0.153. The van der Waals surface area contributed by atoms with E-state index in [0.717, 1.165) is 37.1 Å². The number of piperidine rings is 1. The zero-order valence-corrected chi connectivity index (χ0v) is 12.2. The molecule has 2 nitrogen and oxygen atoms in total. The highest BCUT2D eigenvalue weighted by atomic mass is 16.1. The molecule has 107 valence electrons. The largest absolute Gasteiger partial charge is 0.371 e. The predicted octanol–water partition coefficient (Wildman–Crippen LogP) is 3.97. The summed E-state index contributed by atoms with van der Waals surface area (Å²) in [5, 5.41) is 0. The SMILES string of the molecule is [CH2]c1ccccc1N1CCC(C(=O)c2ccccc2)CC1. The smallest absolute Gasteiger partial charge is 0.166 e. The molecule has 0 aromatic heterocycles. The highest BCUT2D eigenvalue weighted by molar-refractivity contribution is 5.97. The van der Waals surface area contributed by atoms with Gasteiger partial charge in [-0.05, 0) is 31.4 Å². The predicted molar refractivity (Wildman–Crippen MR) is 86.6 cm³/mol. The summed E-state index contributed by atoms with van der Waals surface area (Å²) in [5.74, 6) is 0.443. The van der Waals surface area contributed by atoms with Gasteiger partial charge in [0.25, 0.3) is 0 Å². The Balaban J connectivity index is 1.66. The first-order valence-electron chi connectivity index (χ1n) is 7.51. The van der Waals surface area contributed by atoms with Crippen molar-refractivity contribution in [1.82, 2.24) is 0 Å². The van der Waals surface area contributed by atoms with Crippen molar-refractivity contribution in [2.45, 2.75) is 12.8 Å². The van der Waals surface area contributed by atoms with Crippen molar-refractivity contribution in [1.29, 1.82) is 0 Å². The molecular formula is C19H20NO. The molecule has 3 rings (SSSR count). The number of hydrogen-bond donors (Lipinski definition) is 0. The van der Waals surface area contributed by atoms with Crippen molar-refractivity contribution >= 4 is 11.5 Å². The Bertz CT molecular complexity index is 612. The number of anilines is 1. The van der Waals surface area contributed by atoms with Crippen LogP contribution in [0.5, 0.6) is 0 Å². The van der Waals surface area contributed by atoms with E-state index in [-0.39, 0.29) is 11.7 Å². The van der Waals surface area contributed by atoms with Gasteiger partial charge in [-0.2, -0.15) is 0 Å². The van der Waals surface area contributed by atoms with Gasteiger partial charge in [-0.1, -0.05) is 48.5 Å². The number of carbonyl (C=O) groups excluding carboxylic acids is 1. The molecule has 0 bridgehead atoms. The minimum atomic E-state index is 0.153. The Morgan fingerprint density at radius 3 is 2.24 bits per heavy atom. The van der Waals surface area contributed by atoms with E-state index in [0.29, 0.717) is 0 Å². The first-order valence-corrected chi connectivity index (χ1v) is 7.51. The van der Waals surface area contributed by atoms with Gasteiger partial charge in [-0.3, -0.25) is 4.79 Å². The van der Waals surface area contributed by atoms with Crippen LogP contribution in [0.2, 0.25) is 0 Å². The monoisotopic (exact) mass is 278 g/mol. The van der Waals surface area contributed by atoms with Crippen LogP contribution < -0.4 is 4.90 Å². The van der Waals surface area contributed by atoms with Crippen LogP contribution in [0.25, 0.3) is 0 Å². The summed E-state index contributed by atoms with van der Waals surface area (Å²) in [6.45, 7) is 5.94. The molecule has 1 heterocycles. The number of rotatable bonds is 3. The van der Waals surface area contributed by atoms with Crippen molar-refractivity contribution in [3.8, 4) is 0 Å². The molecule has 1 saturated heterocycles. The molecule has 1 radical (unpaired) electrons. The van der Waals surface area contributed by atoms with Crippen LogP contribution in [-0.4, -0.2) is 18.9 Å². The maximum absolute atomic E-state index is 12.5. The highest BCUT2D eigenvalue weighted by Gasteiger charge is 2.26. The van der Waals surface area contributed by atoms with Crippen molar-refractivity contribution < 1.29 is 4.79 Å². The van der Waals surface area contributed by atoms with Crippen LogP contribution >= 0.6 is 0 Å². The van der Waals surface area contributed by atoms with Gasteiger partial charge in [0.1, 0.15) is 0 Å². The van der Waals surface area contributed by atoms with E-state index in [1.165, 1.54) is 5.69 Å². The lowest BCUT2D eigenvalue weighted by molar-refractivity contribution is 0.0900. The summed E-state index contributed by atoms with van der Waals surface area (Å²) >= 11 is 0. The van der Waals surface area contributed by atoms with E-state index in [9.17, 15) is 4.79 Å². The van der Waals surface area contributed by atoms with E-state index in [2.05, 4.69) is 17.9 Å². The van der Waals surface area contributed by atoms with Crippen LogP contribution in [0.1, 0.15) is 28.8 Å². The zero-order chi connectivity index (χ0) is 14.7. The molecule has 1 aliphatic heterocycles. The van der Waals surface area contributed by atoms with Crippen molar-refractivity contribution in [2.24, 2.45) is 5.92 Å². The fraction of sp³-hybridized carbons (Fsp3) is 0.263. The summed E-state index contributed by atoms with van der Waals surface area (Å²) in [4.78, 5) is 14.8. The van der Waals surface area contributed by atoms with E-state index < -0.39 is 0 Å². The lowest BCUT2D eigenvalue weighted by atomic mass is 9.88. The molecule has 0 N–H and O–H groups in total. The van der Waals surface area contributed by atoms with Gasteiger partial charge in [0.05, 0.1) is 0 Å². The third-order valence-corrected chi connectivity index (χ3v) is 4.26. The van der Waals surface area contributed by atoms with Crippen LogP contribution in [-0.2, 0) is 0 Å². The Morgan fingerprint density at radius 2 is 1.57 bits per heavy atom. The third kappa shape index (κ3) is 2.99. The molecule has 1 fully saturated rings. The number of hydrogen-bond acceptors (Lipinski definition) is 2. The maximum Gasteiger partial charge on any atom is 0.166 e. The fourth-order valence-corrected chi connectivity index (χ4v) is 3.04. The molecular weight excluding hydrogens is 258 g/mol. The Labute approximate surface area is 126 Å². The van der Waals surface area contributed by atoms with Crippen molar-refractivity contribution in [3.05, 3.63) is 72.6 Å². The Hall–Kier alpha value is -2.09. The zero-order valence-electron chi connectivity index (χ0n) is 12.2. The van der Waals surface area contributed by atoms with Gasteiger partial charge in [0.2, 0.25) is 0 Å². The topological polar surface area (TPSA) is 20.3 Å². The molecule has 0 amide bonds. The lowest BCUT2D eigenvalue weighted by Crippen LogP contribution is -2.36. The molecule has 0 saturated carbocycles. The second-order valence-corrected chi connectivity index (χ2v) is 5.62. The van der Waals surface area contributed by atoms with Gasteiger partial charge in [0, 0.05) is 30.3 Å². The summed E-state index contributed by atoms with van der Waals surface area (Å²) in [5.41, 5.74) is 3.10. The number of Topliss-reactive ketones (excluding diaryl/α,β-unsaturated/α-hetero) is 1. The van der Waals surface area contributed by atoms with Crippen LogP contribution in [0, 0.1) is 12.8 Å². The summed E-state index contributed by atoms with van der Waals surface area (Å²) in [7, 11) is 0. The molecule has 2 heteroatoms. The van der Waals surface area contributed by atoms with Crippen LogP contribution in [0.3, 0.4) is 0 Å². The van der Waals surface area contributed by atoms with E-state index in [4.69, 9.17) is 0 Å². The molecule has 0 spiro atoms. The van der Waals surface area contributed by atoms with Gasteiger partial charge in [-0.25, -0.2) is 0 Å². The highest BCUT2D eigenvalue weighted by Crippen LogP contribution is 2.27. The summed E-state index contributed by atoms with van der Waals surface area (Å²) in [6, 6.07) is 17.9. The Morgan fingerprint density at radius 1 is 0.952 bits per heavy atom. The molecule has 0 atom stereocenters. The molecule has 21 heavy (non-hydrogen) atoms. The van der Waals surface area contributed by atoms with Gasteiger partial charge >= 0.3 is 0 Å². The number of carbonyl (C=O) groups is 1. The average molecular weight is 278 g/mol. The van der Waals surface area contributed by atoms with Crippen LogP contribution in [0.15, 0.2) is 54.6 Å². The van der Waals surface area contributed by atoms with Crippen LogP contribution in [0.4, 0.5) is 5.69 Å².